The van der Waals surface area contributed by atoms with E-state index >= 15 is 0 Å². The van der Waals surface area contributed by atoms with Crippen LogP contribution in [0.25, 0.3) is 0 Å². The maximum Gasteiger partial charge on any atom is 0.258 e. The molecule has 0 aliphatic carbocycles. The molecule has 1 aromatic rings. The molecular formula is C18H25ClN2O5S. The van der Waals surface area contributed by atoms with E-state index in [1.54, 1.807) is 0 Å². The summed E-state index contributed by atoms with van der Waals surface area (Å²) in [5.74, 6) is 0.00751. The van der Waals surface area contributed by atoms with Crippen LogP contribution < -0.4 is 10.1 Å². The van der Waals surface area contributed by atoms with Gasteiger partial charge in [0.15, 0.2) is 6.61 Å². The minimum atomic E-state index is -3.55. The average Bonchev–Trinajstić information content (AvgIpc) is 3.19. The van der Waals surface area contributed by atoms with Gasteiger partial charge in [0.05, 0.1) is 16.0 Å². The van der Waals surface area contributed by atoms with Crippen molar-refractivity contribution >= 4 is 27.5 Å². The Morgan fingerprint density at radius 2 is 2.04 bits per heavy atom. The molecule has 0 bridgehead atoms. The van der Waals surface area contributed by atoms with Crippen LogP contribution in [0.1, 0.15) is 32.1 Å². The number of carbonyl (C=O) groups is 1. The Kier molecular flexibility index (Phi) is 6.97. The van der Waals surface area contributed by atoms with Gasteiger partial charge in [0.25, 0.3) is 5.91 Å². The minimum Gasteiger partial charge on any atom is -0.482 e. The van der Waals surface area contributed by atoms with E-state index in [1.807, 2.05) is 0 Å². The predicted octanol–water partition coefficient (Wildman–Crippen LogP) is 2.19. The van der Waals surface area contributed by atoms with E-state index in [9.17, 15) is 13.2 Å². The molecule has 2 fully saturated rings. The molecule has 0 saturated carbocycles. The summed E-state index contributed by atoms with van der Waals surface area (Å²) in [6, 6.07) is 4.34. The topological polar surface area (TPSA) is 84.9 Å². The van der Waals surface area contributed by atoms with E-state index < -0.39 is 10.0 Å². The minimum absolute atomic E-state index is 0.0665. The van der Waals surface area contributed by atoms with Crippen molar-refractivity contribution in [2.75, 3.05) is 32.8 Å². The molecule has 0 unspecified atom stereocenters. The van der Waals surface area contributed by atoms with Crippen LogP contribution in [-0.2, 0) is 19.6 Å². The first-order chi connectivity index (χ1) is 13.0. The van der Waals surface area contributed by atoms with Gasteiger partial charge in [0.2, 0.25) is 10.0 Å². The molecule has 1 atom stereocenters. The molecule has 27 heavy (non-hydrogen) atoms. The molecule has 9 heteroatoms. The second-order valence-electron chi connectivity index (χ2n) is 6.78. The Balaban J connectivity index is 1.55. The number of nitrogens with one attached hydrogen (secondary N) is 1. The van der Waals surface area contributed by atoms with Gasteiger partial charge in [-0.3, -0.25) is 4.79 Å². The van der Waals surface area contributed by atoms with Crippen molar-refractivity contribution in [3.8, 4) is 5.75 Å². The van der Waals surface area contributed by atoms with Crippen molar-refractivity contribution in [3.05, 3.63) is 23.2 Å². The third-order valence-corrected chi connectivity index (χ3v) is 6.96. The molecule has 1 N–H and O–H groups in total. The molecular weight excluding hydrogens is 392 g/mol. The van der Waals surface area contributed by atoms with Gasteiger partial charge in [-0.15, -0.1) is 0 Å². The van der Waals surface area contributed by atoms with Crippen molar-refractivity contribution in [1.29, 1.82) is 0 Å². The van der Waals surface area contributed by atoms with Gasteiger partial charge in [-0.2, -0.15) is 4.31 Å². The van der Waals surface area contributed by atoms with Gasteiger partial charge in [0.1, 0.15) is 5.75 Å². The van der Waals surface area contributed by atoms with Crippen LogP contribution >= 0.6 is 11.6 Å². The zero-order valence-corrected chi connectivity index (χ0v) is 16.7. The number of hydrogen-bond acceptors (Lipinski definition) is 5. The van der Waals surface area contributed by atoms with E-state index in [4.69, 9.17) is 21.1 Å². The zero-order valence-electron chi connectivity index (χ0n) is 15.2. The van der Waals surface area contributed by atoms with Crippen molar-refractivity contribution in [3.63, 3.8) is 0 Å². The fourth-order valence-corrected chi connectivity index (χ4v) is 5.08. The summed E-state index contributed by atoms with van der Waals surface area (Å²) in [7, 11) is -3.55. The highest BCUT2D eigenvalue weighted by Gasteiger charge is 2.26. The first-order valence-corrected chi connectivity index (χ1v) is 11.1. The lowest BCUT2D eigenvalue weighted by molar-refractivity contribution is -0.123. The van der Waals surface area contributed by atoms with E-state index in [0.29, 0.717) is 19.6 Å². The highest BCUT2D eigenvalue weighted by atomic mass is 35.5. The number of amides is 1. The summed E-state index contributed by atoms with van der Waals surface area (Å²) in [5, 5.41) is 2.93. The standard InChI is InChI=1S/C18H25ClN2O5S/c19-16-11-15(27(23,24)21-8-2-1-3-9-21)6-7-17(16)26-13-18(22)20-12-14-5-4-10-25-14/h6-7,11,14H,1-5,8-10,12-13H2,(H,20,22)/t14-/m1/s1. The molecule has 2 saturated heterocycles. The van der Waals surface area contributed by atoms with Crippen LogP contribution in [0.2, 0.25) is 5.02 Å². The fourth-order valence-electron chi connectivity index (χ4n) is 3.24. The smallest absolute Gasteiger partial charge is 0.258 e. The normalized spacial score (nSPS) is 21.1. The second-order valence-corrected chi connectivity index (χ2v) is 9.13. The number of nitrogens with zero attached hydrogens (tertiary/aromatic N) is 1. The van der Waals surface area contributed by atoms with Crippen LogP contribution in [-0.4, -0.2) is 57.6 Å². The molecule has 2 heterocycles. The number of rotatable bonds is 7. The van der Waals surface area contributed by atoms with Crippen LogP contribution in [0.15, 0.2) is 23.1 Å². The number of halogens is 1. The van der Waals surface area contributed by atoms with Crippen LogP contribution in [0.4, 0.5) is 0 Å². The van der Waals surface area contributed by atoms with Gasteiger partial charge in [-0.1, -0.05) is 18.0 Å². The van der Waals surface area contributed by atoms with Crippen molar-refractivity contribution < 1.29 is 22.7 Å². The predicted molar refractivity (Wildman–Crippen MR) is 102 cm³/mol. The van der Waals surface area contributed by atoms with Crippen molar-refractivity contribution in [2.24, 2.45) is 0 Å². The Hall–Kier alpha value is -1.35. The van der Waals surface area contributed by atoms with Gasteiger partial charge >= 0.3 is 0 Å². The zero-order chi connectivity index (χ0) is 19.3. The number of sulfonamides is 1. The summed E-state index contributed by atoms with van der Waals surface area (Å²) >= 11 is 6.18. The van der Waals surface area contributed by atoms with Crippen LogP contribution in [0, 0.1) is 0 Å². The molecule has 1 aromatic carbocycles. The maximum absolute atomic E-state index is 12.7. The lowest BCUT2D eigenvalue weighted by atomic mass is 10.2. The summed E-state index contributed by atoms with van der Waals surface area (Å²) in [6.45, 7) is 2.07. The quantitative estimate of drug-likeness (QED) is 0.736. The number of carbonyl (C=O) groups excluding carboxylic acids is 1. The van der Waals surface area contributed by atoms with Gasteiger partial charge in [-0.25, -0.2) is 8.42 Å². The Labute approximate surface area is 165 Å². The molecule has 150 valence electrons. The first kappa shape index (κ1) is 20.4. The maximum atomic E-state index is 12.7. The third-order valence-electron chi connectivity index (χ3n) is 4.77. The molecule has 1 amide bonds. The molecule has 0 aromatic heterocycles. The van der Waals surface area contributed by atoms with Gasteiger partial charge in [0, 0.05) is 26.2 Å². The number of piperidine rings is 1. The largest absolute Gasteiger partial charge is 0.482 e. The summed E-state index contributed by atoms with van der Waals surface area (Å²) in [4.78, 5) is 12.0. The molecule has 7 nitrogen and oxygen atoms in total. The average molecular weight is 417 g/mol. The number of benzene rings is 1. The lowest BCUT2D eigenvalue weighted by Crippen LogP contribution is -2.35. The lowest BCUT2D eigenvalue weighted by Gasteiger charge is -2.26. The summed E-state index contributed by atoms with van der Waals surface area (Å²) < 4.78 is 37.7. The molecule has 3 rings (SSSR count). The second kappa shape index (κ2) is 9.23. The highest BCUT2D eigenvalue weighted by Crippen LogP contribution is 2.29. The van der Waals surface area contributed by atoms with Crippen molar-refractivity contribution in [1.82, 2.24) is 9.62 Å². The fraction of sp³-hybridized carbons (Fsp3) is 0.611. The molecule has 2 aliphatic heterocycles. The summed E-state index contributed by atoms with van der Waals surface area (Å²) in [5.41, 5.74) is 0. The van der Waals surface area contributed by atoms with E-state index in [1.165, 1.54) is 22.5 Å². The Morgan fingerprint density at radius 1 is 1.26 bits per heavy atom. The van der Waals surface area contributed by atoms with Crippen LogP contribution in [0.5, 0.6) is 5.75 Å². The monoisotopic (exact) mass is 416 g/mol. The first-order valence-electron chi connectivity index (χ1n) is 9.27. The third kappa shape index (κ3) is 5.34. The van der Waals surface area contributed by atoms with E-state index in [0.717, 1.165) is 38.7 Å². The number of ether oxygens (including phenoxy) is 2. The summed E-state index contributed by atoms with van der Waals surface area (Å²) in [6.07, 6.45) is 4.81. The Morgan fingerprint density at radius 3 is 2.70 bits per heavy atom. The molecule has 0 spiro atoms. The number of hydrogen-bond donors (Lipinski definition) is 1. The molecule has 2 aliphatic rings. The van der Waals surface area contributed by atoms with Crippen LogP contribution in [0.3, 0.4) is 0 Å². The SMILES string of the molecule is O=C(COc1ccc(S(=O)(=O)N2CCCCC2)cc1Cl)NC[C@H]1CCCO1. The Bertz CT molecular complexity index is 759. The molecule has 0 radical (unpaired) electrons. The highest BCUT2D eigenvalue weighted by molar-refractivity contribution is 7.89. The van der Waals surface area contributed by atoms with Gasteiger partial charge in [-0.05, 0) is 43.9 Å². The van der Waals surface area contributed by atoms with E-state index in [-0.39, 0.29) is 34.3 Å². The van der Waals surface area contributed by atoms with Gasteiger partial charge < -0.3 is 14.8 Å². The van der Waals surface area contributed by atoms with E-state index in [2.05, 4.69) is 5.32 Å². The van der Waals surface area contributed by atoms with Crippen molar-refractivity contribution in [2.45, 2.75) is 43.1 Å².